The molecule has 0 saturated heterocycles. The van der Waals surface area contributed by atoms with Gasteiger partial charge in [0.2, 0.25) is 11.8 Å². The van der Waals surface area contributed by atoms with Crippen molar-refractivity contribution in [2.45, 2.75) is 12.6 Å². The van der Waals surface area contributed by atoms with Gasteiger partial charge in [-0.3, -0.25) is 5.32 Å². The molecular weight excluding hydrogens is 377 g/mol. The summed E-state index contributed by atoms with van der Waals surface area (Å²) in [5, 5.41) is 12.4. The Morgan fingerprint density at radius 1 is 0.929 bits per heavy atom. The van der Waals surface area contributed by atoms with Gasteiger partial charge >= 0.3 is 0 Å². The maximum atomic E-state index is 13.5. The van der Waals surface area contributed by atoms with Crippen molar-refractivity contribution in [1.82, 2.24) is 15.5 Å². The third kappa shape index (κ3) is 4.27. The van der Waals surface area contributed by atoms with Gasteiger partial charge in [0.15, 0.2) is 0 Å². The SMILES string of the molecule is Fc1cccc(-c2nnc([C@@H](NCc3ccccc3)c3ccc(Cl)cc3)o2)c1. The minimum Gasteiger partial charge on any atom is -0.419 e. The fourth-order valence-electron chi connectivity index (χ4n) is 2.91. The summed E-state index contributed by atoms with van der Waals surface area (Å²) >= 11 is 6.03. The van der Waals surface area contributed by atoms with Crippen LogP contribution in [0.5, 0.6) is 0 Å². The molecule has 1 heterocycles. The fraction of sp³-hybridized carbons (Fsp3) is 0.0909. The number of aromatic nitrogens is 2. The van der Waals surface area contributed by atoms with Crippen molar-refractivity contribution in [1.29, 1.82) is 0 Å². The van der Waals surface area contributed by atoms with Crippen LogP contribution in [0.2, 0.25) is 5.02 Å². The molecule has 1 aromatic heterocycles. The molecule has 0 aliphatic rings. The van der Waals surface area contributed by atoms with E-state index in [0.29, 0.717) is 23.0 Å². The highest BCUT2D eigenvalue weighted by Crippen LogP contribution is 2.26. The summed E-state index contributed by atoms with van der Waals surface area (Å²) in [5.74, 6) is 0.321. The van der Waals surface area contributed by atoms with E-state index in [4.69, 9.17) is 16.0 Å². The molecule has 0 fully saturated rings. The first-order valence-corrected chi connectivity index (χ1v) is 9.19. The summed E-state index contributed by atoms with van der Waals surface area (Å²) in [7, 11) is 0. The average molecular weight is 394 g/mol. The molecule has 1 atom stereocenters. The van der Waals surface area contributed by atoms with Crippen molar-refractivity contribution in [2.75, 3.05) is 0 Å². The molecule has 0 bridgehead atoms. The summed E-state index contributed by atoms with van der Waals surface area (Å²) in [4.78, 5) is 0. The van der Waals surface area contributed by atoms with Crippen LogP contribution in [0.4, 0.5) is 4.39 Å². The molecule has 0 aliphatic heterocycles. The predicted molar refractivity (Wildman–Crippen MR) is 106 cm³/mol. The van der Waals surface area contributed by atoms with Crippen LogP contribution in [-0.2, 0) is 6.54 Å². The van der Waals surface area contributed by atoms with Crippen LogP contribution in [0.15, 0.2) is 83.3 Å². The molecule has 0 spiro atoms. The van der Waals surface area contributed by atoms with Gasteiger partial charge in [0.25, 0.3) is 0 Å². The topological polar surface area (TPSA) is 51.0 Å². The highest BCUT2D eigenvalue weighted by atomic mass is 35.5. The monoisotopic (exact) mass is 393 g/mol. The van der Waals surface area contributed by atoms with Crippen LogP contribution >= 0.6 is 11.6 Å². The molecule has 1 N–H and O–H groups in total. The molecule has 4 nitrogen and oxygen atoms in total. The van der Waals surface area contributed by atoms with Crippen LogP contribution in [-0.4, -0.2) is 10.2 Å². The van der Waals surface area contributed by atoms with E-state index in [2.05, 4.69) is 15.5 Å². The molecule has 0 unspecified atom stereocenters. The van der Waals surface area contributed by atoms with Gasteiger partial charge in [-0.2, -0.15) is 0 Å². The number of benzene rings is 3. The highest BCUT2D eigenvalue weighted by Gasteiger charge is 2.21. The summed E-state index contributed by atoms with van der Waals surface area (Å²) in [5.41, 5.74) is 2.61. The number of nitrogens with one attached hydrogen (secondary N) is 1. The van der Waals surface area contributed by atoms with Gasteiger partial charge in [-0.25, -0.2) is 4.39 Å². The van der Waals surface area contributed by atoms with Gasteiger partial charge in [-0.15, -0.1) is 10.2 Å². The van der Waals surface area contributed by atoms with Crippen molar-refractivity contribution in [3.8, 4) is 11.5 Å². The Morgan fingerprint density at radius 3 is 2.46 bits per heavy atom. The molecule has 140 valence electrons. The first-order valence-electron chi connectivity index (χ1n) is 8.81. The fourth-order valence-corrected chi connectivity index (χ4v) is 3.03. The first-order chi connectivity index (χ1) is 13.7. The molecule has 0 amide bonds. The number of halogens is 2. The predicted octanol–water partition coefficient (Wildman–Crippen LogP) is 5.41. The molecule has 0 aliphatic carbocycles. The number of hydrogen-bond acceptors (Lipinski definition) is 4. The maximum absolute atomic E-state index is 13.5. The minimum absolute atomic E-state index is 0.273. The van der Waals surface area contributed by atoms with Gasteiger partial charge in [-0.05, 0) is 41.5 Å². The zero-order valence-corrected chi connectivity index (χ0v) is 15.6. The van der Waals surface area contributed by atoms with Crippen molar-refractivity contribution in [3.63, 3.8) is 0 Å². The summed E-state index contributed by atoms with van der Waals surface area (Å²) in [6.45, 7) is 0.617. The van der Waals surface area contributed by atoms with Crippen LogP contribution in [0.3, 0.4) is 0 Å². The second-order valence-electron chi connectivity index (χ2n) is 6.31. The Morgan fingerprint density at radius 2 is 1.71 bits per heavy atom. The zero-order chi connectivity index (χ0) is 19.3. The molecule has 0 radical (unpaired) electrons. The Hall–Kier alpha value is -3.02. The lowest BCUT2D eigenvalue weighted by molar-refractivity contribution is 0.438. The molecule has 0 saturated carbocycles. The van der Waals surface area contributed by atoms with Gasteiger partial charge in [0.1, 0.15) is 11.9 Å². The Kier molecular flexibility index (Phi) is 5.46. The van der Waals surface area contributed by atoms with Gasteiger partial charge < -0.3 is 4.42 Å². The lowest BCUT2D eigenvalue weighted by Gasteiger charge is -2.16. The van der Waals surface area contributed by atoms with E-state index in [9.17, 15) is 4.39 Å². The molecule has 6 heteroatoms. The van der Waals surface area contributed by atoms with Crippen LogP contribution in [0.25, 0.3) is 11.5 Å². The van der Waals surface area contributed by atoms with Crippen LogP contribution < -0.4 is 5.32 Å². The second-order valence-corrected chi connectivity index (χ2v) is 6.74. The number of rotatable bonds is 6. The number of hydrogen-bond donors (Lipinski definition) is 1. The lowest BCUT2D eigenvalue weighted by atomic mass is 10.1. The molecule has 28 heavy (non-hydrogen) atoms. The van der Waals surface area contributed by atoms with E-state index in [1.165, 1.54) is 12.1 Å². The minimum atomic E-state index is -0.353. The van der Waals surface area contributed by atoms with E-state index >= 15 is 0 Å². The van der Waals surface area contributed by atoms with Crippen molar-refractivity contribution in [3.05, 3.63) is 107 Å². The standard InChI is InChI=1S/C22H17ClFN3O/c23-18-11-9-16(10-12-18)20(25-14-15-5-2-1-3-6-15)22-27-26-21(28-22)17-7-4-8-19(24)13-17/h1-13,20,25H,14H2/t20-/m0/s1. The van der Waals surface area contributed by atoms with Crippen molar-refractivity contribution >= 4 is 11.6 Å². The van der Waals surface area contributed by atoms with E-state index in [1.54, 1.807) is 12.1 Å². The Balaban J connectivity index is 1.64. The van der Waals surface area contributed by atoms with E-state index in [1.807, 2.05) is 54.6 Å². The third-order valence-electron chi connectivity index (χ3n) is 4.32. The van der Waals surface area contributed by atoms with Gasteiger partial charge in [0, 0.05) is 17.1 Å². The molecule has 3 aromatic carbocycles. The largest absolute Gasteiger partial charge is 0.419 e. The lowest BCUT2D eigenvalue weighted by Crippen LogP contribution is -2.22. The smallest absolute Gasteiger partial charge is 0.247 e. The first kappa shape index (κ1) is 18.3. The maximum Gasteiger partial charge on any atom is 0.247 e. The van der Waals surface area contributed by atoms with Crippen molar-refractivity contribution in [2.24, 2.45) is 0 Å². The van der Waals surface area contributed by atoms with Crippen LogP contribution in [0.1, 0.15) is 23.1 Å². The van der Waals surface area contributed by atoms with Crippen LogP contribution in [0, 0.1) is 5.82 Å². The summed E-state index contributed by atoms with van der Waals surface area (Å²) in [6, 6.07) is 23.3. The van der Waals surface area contributed by atoms with E-state index < -0.39 is 0 Å². The molecule has 4 rings (SSSR count). The van der Waals surface area contributed by atoms with Gasteiger partial charge in [0.05, 0.1) is 0 Å². The summed E-state index contributed by atoms with van der Waals surface area (Å²) in [6.07, 6.45) is 0. The van der Waals surface area contributed by atoms with Crippen molar-refractivity contribution < 1.29 is 8.81 Å². The van der Waals surface area contributed by atoms with E-state index in [0.717, 1.165) is 11.1 Å². The normalized spacial score (nSPS) is 12.1. The third-order valence-corrected chi connectivity index (χ3v) is 4.57. The summed E-state index contributed by atoms with van der Waals surface area (Å²) < 4.78 is 19.4. The number of nitrogens with zero attached hydrogens (tertiary/aromatic N) is 2. The van der Waals surface area contributed by atoms with Gasteiger partial charge in [-0.1, -0.05) is 60.1 Å². The Bertz CT molecular complexity index is 1050. The van der Waals surface area contributed by atoms with E-state index in [-0.39, 0.29) is 17.7 Å². The molecule has 4 aromatic rings. The zero-order valence-electron chi connectivity index (χ0n) is 14.8. The average Bonchev–Trinajstić information content (AvgIpc) is 3.20. The molecular formula is C22H17ClFN3O. The highest BCUT2D eigenvalue weighted by molar-refractivity contribution is 6.30. The Labute approximate surface area is 167 Å². The second kappa shape index (κ2) is 8.33. The quantitative estimate of drug-likeness (QED) is 0.476.